The minimum Gasteiger partial charge on any atom is -0.457 e. The van der Waals surface area contributed by atoms with Gasteiger partial charge < -0.3 is 10.5 Å². The number of carbonyl (C=O) groups excluding carboxylic acids is 1. The molecule has 1 aromatic heterocycles. The van der Waals surface area contributed by atoms with Gasteiger partial charge in [0.25, 0.3) is 0 Å². The van der Waals surface area contributed by atoms with E-state index in [9.17, 15) is 13.6 Å². The van der Waals surface area contributed by atoms with Crippen LogP contribution in [0, 0.1) is 11.6 Å². The van der Waals surface area contributed by atoms with E-state index in [1.807, 2.05) is 0 Å². The van der Waals surface area contributed by atoms with Gasteiger partial charge in [-0.05, 0) is 24.3 Å². The maximum Gasteiger partial charge on any atom is 0.340 e. The molecule has 19 heavy (non-hydrogen) atoms. The minimum atomic E-state index is -0.777. The van der Waals surface area contributed by atoms with Gasteiger partial charge in [0.2, 0.25) is 0 Å². The number of nitrogens with two attached hydrogens (primary N) is 1. The van der Waals surface area contributed by atoms with Crippen molar-refractivity contribution in [2.24, 2.45) is 0 Å². The third-order valence-corrected chi connectivity index (χ3v) is 2.37. The molecule has 2 aromatic rings. The molecule has 98 valence electrons. The van der Waals surface area contributed by atoms with E-state index >= 15 is 0 Å². The fourth-order valence-electron chi connectivity index (χ4n) is 1.47. The van der Waals surface area contributed by atoms with Crippen LogP contribution in [-0.2, 0) is 11.3 Å². The van der Waals surface area contributed by atoms with Gasteiger partial charge in [-0.1, -0.05) is 0 Å². The first-order chi connectivity index (χ1) is 9.06. The lowest BCUT2D eigenvalue weighted by molar-refractivity contribution is 0.0472. The molecule has 1 heterocycles. The minimum absolute atomic E-state index is 0.0654. The second-order valence-corrected chi connectivity index (χ2v) is 3.82. The molecule has 2 N–H and O–H groups in total. The number of halogens is 2. The Morgan fingerprint density at radius 2 is 2.00 bits per heavy atom. The van der Waals surface area contributed by atoms with Crippen molar-refractivity contribution in [2.45, 2.75) is 6.61 Å². The van der Waals surface area contributed by atoms with Crippen LogP contribution in [0.15, 0.2) is 36.7 Å². The molecule has 2 rings (SSSR count). The molecule has 0 radical (unpaired) electrons. The number of ether oxygens (including phenoxy) is 1. The number of esters is 1. The summed E-state index contributed by atoms with van der Waals surface area (Å²) >= 11 is 0. The summed E-state index contributed by atoms with van der Waals surface area (Å²) in [5, 5.41) is 0. The Morgan fingerprint density at radius 1 is 1.21 bits per heavy atom. The van der Waals surface area contributed by atoms with Crippen molar-refractivity contribution in [2.75, 3.05) is 5.73 Å². The van der Waals surface area contributed by atoms with Gasteiger partial charge in [-0.15, -0.1) is 0 Å². The van der Waals surface area contributed by atoms with Gasteiger partial charge in [-0.3, -0.25) is 4.98 Å². The number of hydrogen-bond acceptors (Lipinski definition) is 4. The lowest BCUT2D eigenvalue weighted by atomic mass is 10.2. The van der Waals surface area contributed by atoms with Crippen molar-refractivity contribution in [1.82, 2.24) is 4.98 Å². The predicted octanol–water partition coefficient (Wildman–Crippen LogP) is 2.30. The number of anilines is 1. The normalized spacial score (nSPS) is 10.2. The number of carbonyl (C=O) groups is 1. The third-order valence-electron chi connectivity index (χ3n) is 2.37. The average molecular weight is 264 g/mol. The van der Waals surface area contributed by atoms with Crippen LogP contribution in [0.3, 0.4) is 0 Å². The summed E-state index contributed by atoms with van der Waals surface area (Å²) in [5.74, 6) is -1.89. The van der Waals surface area contributed by atoms with Crippen molar-refractivity contribution in [3.63, 3.8) is 0 Å². The summed E-state index contributed by atoms with van der Waals surface area (Å²) in [6, 6.07) is 4.59. The van der Waals surface area contributed by atoms with Crippen LogP contribution < -0.4 is 5.73 Å². The van der Waals surface area contributed by atoms with Crippen LogP contribution in [0.5, 0.6) is 0 Å². The van der Waals surface area contributed by atoms with E-state index in [1.165, 1.54) is 18.3 Å². The highest BCUT2D eigenvalue weighted by atomic mass is 19.1. The molecule has 6 heteroatoms. The highest BCUT2D eigenvalue weighted by molar-refractivity contribution is 5.95. The van der Waals surface area contributed by atoms with E-state index in [0.29, 0.717) is 5.56 Å². The van der Waals surface area contributed by atoms with Gasteiger partial charge in [0, 0.05) is 17.4 Å². The van der Waals surface area contributed by atoms with Crippen LogP contribution in [-0.4, -0.2) is 11.0 Å². The molecule has 0 saturated carbocycles. The molecule has 0 unspecified atom stereocenters. The van der Waals surface area contributed by atoms with Crippen LogP contribution in [0.4, 0.5) is 14.5 Å². The first kappa shape index (κ1) is 12.9. The van der Waals surface area contributed by atoms with Gasteiger partial charge >= 0.3 is 5.97 Å². The van der Waals surface area contributed by atoms with Gasteiger partial charge in [0.15, 0.2) is 0 Å². The SMILES string of the molecule is Nc1ccc(F)cc1C(=O)OCc1cncc(F)c1. The third kappa shape index (κ3) is 3.25. The Morgan fingerprint density at radius 3 is 2.74 bits per heavy atom. The van der Waals surface area contributed by atoms with Gasteiger partial charge in [0.1, 0.15) is 18.2 Å². The Hall–Kier alpha value is -2.50. The zero-order chi connectivity index (χ0) is 13.8. The summed E-state index contributed by atoms with van der Waals surface area (Å²) in [4.78, 5) is 15.3. The van der Waals surface area contributed by atoms with Crippen molar-refractivity contribution in [3.05, 3.63) is 59.4 Å². The molecule has 4 nitrogen and oxygen atoms in total. The molecule has 0 atom stereocenters. The van der Waals surface area contributed by atoms with Crippen LogP contribution in [0.1, 0.15) is 15.9 Å². The molecular formula is C13H10F2N2O2. The molecule has 0 aliphatic carbocycles. The number of nitrogen functional groups attached to an aromatic ring is 1. The van der Waals surface area contributed by atoms with E-state index in [4.69, 9.17) is 10.5 Å². The molecular weight excluding hydrogens is 254 g/mol. The van der Waals surface area contributed by atoms with Crippen molar-refractivity contribution in [1.29, 1.82) is 0 Å². The van der Waals surface area contributed by atoms with E-state index in [2.05, 4.69) is 4.98 Å². The highest BCUT2D eigenvalue weighted by Gasteiger charge is 2.12. The summed E-state index contributed by atoms with van der Waals surface area (Å²) in [5.41, 5.74) is 5.98. The number of hydrogen-bond donors (Lipinski definition) is 1. The van der Waals surface area contributed by atoms with E-state index in [-0.39, 0.29) is 17.9 Å². The largest absolute Gasteiger partial charge is 0.457 e. The van der Waals surface area contributed by atoms with Crippen LogP contribution in [0.25, 0.3) is 0 Å². The number of nitrogens with zero attached hydrogens (tertiary/aromatic N) is 1. The van der Waals surface area contributed by atoms with Crippen LogP contribution in [0.2, 0.25) is 0 Å². The molecule has 0 aliphatic heterocycles. The first-order valence-corrected chi connectivity index (χ1v) is 5.38. The Kier molecular flexibility index (Phi) is 3.70. The fourth-order valence-corrected chi connectivity index (χ4v) is 1.47. The predicted molar refractivity (Wildman–Crippen MR) is 64.1 cm³/mol. The summed E-state index contributed by atoms with van der Waals surface area (Å²) in [6.45, 7) is -0.167. The lowest BCUT2D eigenvalue weighted by Crippen LogP contribution is -2.09. The van der Waals surface area contributed by atoms with E-state index < -0.39 is 17.6 Å². The summed E-state index contributed by atoms with van der Waals surface area (Å²) in [7, 11) is 0. The van der Waals surface area contributed by atoms with Crippen molar-refractivity contribution >= 4 is 11.7 Å². The van der Waals surface area contributed by atoms with E-state index in [1.54, 1.807) is 0 Å². The van der Waals surface area contributed by atoms with Gasteiger partial charge in [-0.2, -0.15) is 0 Å². The molecule has 1 aromatic carbocycles. The average Bonchev–Trinajstić information content (AvgIpc) is 2.39. The maximum atomic E-state index is 13.0. The number of pyridine rings is 1. The standard InChI is InChI=1S/C13H10F2N2O2/c14-9-1-2-12(16)11(4-9)13(18)19-7-8-3-10(15)6-17-5-8/h1-6H,7,16H2. The van der Waals surface area contributed by atoms with Crippen LogP contribution >= 0.6 is 0 Å². The van der Waals surface area contributed by atoms with Crippen molar-refractivity contribution < 1.29 is 18.3 Å². The number of rotatable bonds is 3. The Bertz CT molecular complexity index is 617. The smallest absolute Gasteiger partial charge is 0.340 e. The number of aromatic nitrogens is 1. The Labute approximate surface area is 107 Å². The van der Waals surface area contributed by atoms with E-state index in [0.717, 1.165) is 18.3 Å². The molecule has 0 bridgehead atoms. The number of benzene rings is 1. The highest BCUT2D eigenvalue weighted by Crippen LogP contribution is 2.15. The quantitative estimate of drug-likeness (QED) is 0.682. The maximum absolute atomic E-state index is 13.0. The molecule has 0 amide bonds. The lowest BCUT2D eigenvalue weighted by Gasteiger charge is -2.07. The van der Waals surface area contributed by atoms with Crippen molar-refractivity contribution in [3.8, 4) is 0 Å². The molecule has 0 aliphatic rings. The monoisotopic (exact) mass is 264 g/mol. The molecule has 0 saturated heterocycles. The zero-order valence-corrected chi connectivity index (χ0v) is 9.77. The second-order valence-electron chi connectivity index (χ2n) is 3.82. The Balaban J connectivity index is 2.07. The zero-order valence-electron chi connectivity index (χ0n) is 9.77. The topological polar surface area (TPSA) is 65.2 Å². The van der Waals surface area contributed by atoms with Gasteiger partial charge in [0.05, 0.1) is 11.8 Å². The fraction of sp³-hybridized carbons (Fsp3) is 0.0769. The summed E-state index contributed by atoms with van der Waals surface area (Å²) in [6.07, 6.45) is 2.40. The molecule has 0 spiro atoms. The summed E-state index contributed by atoms with van der Waals surface area (Å²) < 4.78 is 30.8. The van der Waals surface area contributed by atoms with Gasteiger partial charge in [-0.25, -0.2) is 13.6 Å². The molecule has 0 fully saturated rings. The second kappa shape index (κ2) is 5.43. The first-order valence-electron chi connectivity index (χ1n) is 5.38.